The lowest BCUT2D eigenvalue weighted by Gasteiger charge is -2.37. The van der Waals surface area contributed by atoms with Gasteiger partial charge in [0.25, 0.3) is 0 Å². The van der Waals surface area contributed by atoms with E-state index in [1.54, 1.807) is 13.8 Å². The molecule has 0 bridgehead atoms. The summed E-state index contributed by atoms with van der Waals surface area (Å²) in [6.45, 7) is 7.19. The van der Waals surface area contributed by atoms with Gasteiger partial charge in [-0.3, -0.25) is 0 Å². The van der Waals surface area contributed by atoms with Gasteiger partial charge in [0.05, 0.1) is 11.2 Å². The first kappa shape index (κ1) is 14.5. The normalized spacial score (nSPS) is 18.2. The van der Waals surface area contributed by atoms with Crippen LogP contribution in [-0.4, -0.2) is 23.8 Å². The van der Waals surface area contributed by atoms with Gasteiger partial charge in [0, 0.05) is 0 Å². The van der Waals surface area contributed by atoms with Gasteiger partial charge in [-0.1, -0.05) is 29.7 Å². The van der Waals surface area contributed by atoms with E-state index in [0.29, 0.717) is 20.3 Å². The molecule has 1 aliphatic carbocycles. The summed E-state index contributed by atoms with van der Waals surface area (Å²) in [6, 6.07) is 7.47. The molecule has 19 heavy (non-hydrogen) atoms. The van der Waals surface area contributed by atoms with E-state index in [0.717, 1.165) is 11.0 Å². The highest BCUT2D eigenvalue weighted by molar-refractivity contribution is 6.47. The van der Waals surface area contributed by atoms with Crippen molar-refractivity contribution in [1.29, 1.82) is 0 Å². The quantitative estimate of drug-likeness (QED) is 0.826. The summed E-state index contributed by atoms with van der Waals surface area (Å²) in [6.07, 6.45) is 1.27. The second kappa shape index (κ2) is 4.60. The van der Waals surface area contributed by atoms with Crippen LogP contribution >= 0.6 is 0 Å². The highest BCUT2D eigenvalue weighted by Crippen LogP contribution is 2.49. The zero-order valence-corrected chi connectivity index (χ0v) is 12.2. The van der Waals surface area contributed by atoms with Crippen molar-refractivity contribution in [2.45, 2.75) is 57.4 Å². The van der Waals surface area contributed by atoms with Crippen molar-refractivity contribution in [1.82, 2.24) is 0 Å². The van der Waals surface area contributed by atoms with Crippen LogP contribution in [-0.2, 0) is 10.3 Å². The summed E-state index contributed by atoms with van der Waals surface area (Å²) >= 11 is 0. The number of aliphatic hydroxyl groups is 1. The van der Waals surface area contributed by atoms with E-state index in [9.17, 15) is 9.50 Å². The molecular formula is C15H22BFO2. The third-order valence-electron chi connectivity index (χ3n) is 4.23. The summed E-state index contributed by atoms with van der Waals surface area (Å²) in [5.74, 6) is 0. The van der Waals surface area contributed by atoms with Gasteiger partial charge in [-0.15, -0.1) is 0 Å². The fraction of sp³-hybridized carbons (Fsp3) is 0.600. The van der Waals surface area contributed by atoms with Crippen LogP contribution in [0.1, 0.15) is 46.1 Å². The van der Waals surface area contributed by atoms with Gasteiger partial charge in [0.15, 0.2) is 0 Å². The standard InChI is InChI=1S/C15H22BFO2/c1-13(2,18)14(3,4)19-16-12-7-5-11(6-8-12)15(17)9-10-15/h5-8,16,18H,9-10H2,1-4H3. The number of rotatable bonds is 5. The molecule has 0 amide bonds. The molecule has 0 saturated heterocycles. The Kier molecular flexibility index (Phi) is 3.52. The topological polar surface area (TPSA) is 29.5 Å². The van der Waals surface area contributed by atoms with Gasteiger partial charge < -0.3 is 9.76 Å². The summed E-state index contributed by atoms with van der Waals surface area (Å²) in [5.41, 5.74) is -0.873. The zero-order chi connectivity index (χ0) is 14.3. The lowest BCUT2D eigenvalue weighted by atomic mass is 9.82. The highest BCUT2D eigenvalue weighted by atomic mass is 19.1. The Bertz CT molecular complexity index is 444. The number of hydrogen-bond donors (Lipinski definition) is 1. The Balaban J connectivity index is 1.97. The molecule has 1 aromatic rings. The molecular weight excluding hydrogens is 242 g/mol. The predicted molar refractivity (Wildman–Crippen MR) is 76.7 cm³/mol. The van der Waals surface area contributed by atoms with Crippen LogP contribution in [0.5, 0.6) is 0 Å². The molecule has 1 saturated carbocycles. The van der Waals surface area contributed by atoms with Crippen LogP contribution in [0.3, 0.4) is 0 Å². The molecule has 2 rings (SSSR count). The van der Waals surface area contributed by atoms with Crippen molar-refractivity contribution in [2.75, 3.05) is 0 Å². The van der Waals surface area contributed by atoms with Crippen molar-refractivity contribution in [3.8, 4) is 0 Å². The molecule has 0 unspecified atom stereocenters. The first-order valence-electron chi connectivity index (χ1n) is 6.79. The molecule has 0 aromatic heterocycles. The van der Waals surface area contributed by atoms with Gasteiger partial charge in [-0.2, -0.15) is 0 Å². The third kappa shape index (κ3) is 3.18. The molecule has 0 atom stereocenters. The van der Waals surface area contributed by atoms with Crippen LogP contribution in [0, 0.1) is 0 Å². The summed E-state index contributed by atoms with van der Waals surface area (Å²) in [7, 11) is 0.413. The van der Waals surface area contributed by atoms with E-state index in [1.807, 2.05) is 38.1 Å². The maximum Gasteiger partial charge on any atom is 0.309 e. The van der Waals surface area contributed by atoms with Gasteiger partial charge in [0.2, 0.25) is 0 Å². The van der Waals surface area contributed by atoms with Crippen molar-refractivity contribution < 1.29 is 14.2 Å². The van der Waals surface area contributed by atoms with E-state index in [4.69, 9.17) is 4.65 Å². The lowest BCUT2D eigenvalue weighted by molar-refractivity contribution is -0.0893. The monoisotopic (exact) mass is 264 g/mol. The predicted octanol–water partition coefficient (Wildman–Crippen LogP) is 2.19. The van der Waals surface area contributed by atoms with Crippen molar-refractivity contribution in [3.63, 3.8) is 0 Å². The molecule has 1 N–H and O–H groups in total. The fourth-order valence-corrected chi connectivity index (χ4v) is 1.74. The van der Waals surface area contributed by atoms with Crippen LogP contribution < -0.4 is 5.46 Å². The first-order valence-corrected chi connectivity index (χ1v) is 6.79. The summed E-state index contributed by atoms with van der Waals surface area (Å²) < 4.78 is 19.6. The van der Waals surface area contributed by atoms with Crippen molar-refractivity contribution in [2.24, 2.45) is 0 Å². The molecule has 0 heterocycles. The lowest BCUT2D eigenvalue weighted by Crippen LogP contribution is -2.49. The largest absolute Gasteiger partial charge is 0.427 e. The number of benzene rings is 1. The molecule has 4 heteroatoms. The zero-order valence-electron chi connectivity index (χ0n) is 12.2. The number of hydrogen-bond acceptors (Lipinski definition) is 2. The van der Waals surface area contributed by atoms with Gasteiger partial charge >= 0.3 is 7.48 Å². The van der Waals surface area contributed by atoms with Crippen LogP contribution in [0.25, 0.3) is 0 Å². The third-order valence-corrected chi connectivity index (χ3v) is 4.23. The van der Waals surface area contributed by atoms with Crippen LogP contribution in [0.2, 0.25) is 0 Å². The molecule has 0 radical (unpaired) electrons. The Labute approximate surface area is 115 Å². The minimum absolute atomic E-state index is 0.413. The Morgan fingerprint density at radius 1 is 1.16 bits per heavy atom. The first-order chi connectivity index (χ1) is 8.64. The average Bonchev–Trinajstić information content (AvgIpc) is 3.05. The van der Waals surface area contributed by atoms with Crippen molar-refractivity contribution in [3.05, 3.63) is 29.8 Å². The van der Waals surface area contributed by atoms with Crippen LogP contribution in [0.15, 0.2) is 24.3 Å². The Morgan fingerprint density at radius 2 is 1.68 bits per heavy atom. The fourth-order valence-electron chi connectivity index (χ4n) is 1.74. The van der Waals surface area contributed by atoms with E-state index in [-0.39, 0.29) is 0 Å². The average molecular weight is 264 g/mol. The molecule has 2 nitrogen and oxygen atoms in total. The Morgan fingerprint density at radius 3 is 2.11 bits per heavy atom. The molecule has 0 spiro atoms. The van der Waals surface area contributed by atoms with Gasteiger partial charge in [-0.05, 0) is 46.1 Å². The van der Waals surface area contributed by atoms with E-state index in [1.165, 1.54) is 0 Å². The van der Waals surface area contributed by atoms with E-state index in [2.05, 4.69) is 0 Å². The second-order valence-corrected chi connectivity index (χ2v) is 6.52. The molecule has 0 aliphatic heterocycles. The minimum Gasteiger partial charge on any atom is -0.427 e. The molecule has 1 fully saturated rings. The van der Waals surface area contributed by atoms with Crippen molar-refractivity contribution >= 4 is 12.9 Å². The van der Waals surface area contributed by atoms with E-state index >= 15 is 0 Å². The van der Waals surface area contributed by atoms with Gasteiger partial charge in [-0.25, -0.2) is 4.39 Å². The maximum atomic E-state index is 13.8. The minimum atomic E-state index is -1.08. The van der Waals surface area contributed by atoms with E-state index < -0.39 is 16.9 Å². The summed E-state index contributed by atoms with van der Waals surface area (Å²) in [4.78, 5) is 0. The smallest absolute Gasteiger partial charge is 0.309 e. The summed E-state index contributed by atoms with van der Waals surface area (Å²) in [5, 5.41) is 10.0. The molecule has 1 aromatic carbocycles. The maximum absolute atomic E-state index is 13.8. The number of halogens is 1. The molecule has 1 aliphatic rings. The molecule has 104 valence electrons. The van der Waals surface area contributed by atoms with Crippen LogP contribution in [0.4, 0.5) is 4.39 Å². The second-order valence-electron chi connectivity index (χ2n) is 6.52. The SMILES string of the molecule is CC(C)(O)C(C)(C)OBc1ccc(C2(F)CC2)cc1. The Hall–Kier alpha value is -0.865. The highest BCUT2D eigenvalue weighted by Gasteiger charge is 2.44. The number of alkyl halides is 1. The van der Waals surface area contributed by atoms with Gasteiger partial charge in [0.1, 0.15) is 5.67 Å².